The molecule has 0 heterocycles. The van der Waals surface area contributed by atoms with Crippen molar-refractivity contribution in [1.82, 2.24) is 0 Å². The van der Waals surface area contributed by atoms with Crippen LogP contribution in [-0.2, 0) is 0 Å². The molecule has 0 aromatic heterocycles. The van der Waals surface area contributed by atoms with Gasteiger partial charge in [-0.2, -0.15) is 0 Å². The summed E-state index contributed by atoms with van der Waals surface area (Å²) < 4.78 is 12.8. The molecule has 0 unspecified atom stereocenters. The minimum Gasteiger partial charge on any atom is -0.378 e. The smallest absolute Gasteiger partial charge is 0.123 e. The molecule has 1 aromatic rings. The van der Waals surface area contributed by atoms with Crippen LogP contribution in [0.3, 0.4) is 0 Å². The van der Waals surface area contributed by atoms with Gasteiger partial charge in [0, 0.05) is 17.8 Å². The Morgan fingerprint density at radius 3 is 2.41 bits per heavy atom. The van der Waals surface area contributed by atoms with Gasteiger partial charge in [-0.15, -0.1) is 0 Å². The number of hydrogen-bond donors (Lipinski definition) is 2. The number of nitrogens with one attached hydrogen (secondary N) is 1. The average molecular weight is 236 g/mol. The molecule has 0 aliphatic heterocycles. The minimum absolute atomic E-state index is 0.00431. The van der Waals surface area contributed by atoms with E-state index in [1.807, 2.05) is 0 Å². The zero-order valence-corrected chi connectivity index (χ0v) is 10.4. The zero-order chi connectivity index (χ0) is 12.3. The fourth-order valence-corrected chi connectivity index (χ4v) is 2.53. The third-order valence-corrected chi connectivity index (χ3v) is 3.88. The number of hydrogen-bond acceptors (Lipinski definition) is 2. The maximum absolute atomic E-state index is 12.8. The van der Waals surface area contributed by atoms with Gasteiger partial charge in [0.25, 0.3) is 0 Å². The monoisotopic (exact) mass is 236 g/mol. The molecular formula is C14H21FN2. The summed E-state index contributed by atoms with van der Waals surface area (Å²) in [6, 6.07) is 6.53. The second-order valence-corrected chi connectivity index (χ2v) is 5.30. The predicted molar refractivity (Wildman–Crippen MR) is 69.4 cm³/mol. The van der Waals surface area contributed by atoms with Crippen molar-refractivity contribution in [2.24, 2.45) is 11.7 Å². The fourth-order valence-electron chi connectivity index (χ4n) is 2.53. The highest BCUT2D eigenvalue weighted by Gasteiger charge is 2.32. The second-order valence-electron chi connectivity index (χ2n) is 5.30. The highest BCUT2D eigenvalue weighted by molar-refractivity contribution is 5.45. The Morgan fingerprint density at radius 2 is 1.88 bits per heavy atom. The maximum atomic E-state index is 12.8. The molecule has 1 saturated carbocycles. The van der Waals surface area contributed by atoms with E-state index in [1.54, 1.807) is 12.1 Å². The first-order valence-corrected chi connectivity index (χ1v) is 6.37. The average Bonchev–Trinajstić information content (AvgIpc) is 2.35. The molecule has 0 bridgehead atoms. The van der Waals surface area contributed by atoms with E-state index < -0.39 is 0 Å². The van der Waals surface area contributed by atoms with Crippen LogP contribution in [0.5, 0.6) is 0 Å². The van der Waals surface area contributed by atoms with Crippen molar-refractivity contribution in [3.05, 3.63) is 30.1 Å². The number of nitrogens with two attached hydrogens (primary N) is 1. The molecule has 1 fully saturated rings. The molecule has 1 aromatic carbocycles. The van der Waals surface area contributed by atoms with E-state index >= 15 is 0 Å². The normalized spacial score (nSPS) is 29.0. The summed E-state index contributed by atoms with van der Waals surface area (Å²) in [5.41, 5.74) is 6.89. The maximum Gasteiger partial charge on any atom is 0.123 e. The Labute approximate surface area is 102 Å². The van der Waals surface area contributed by atoms with Gasteiger partial charge in [0.1, 0.15) is 5.82 Å². The third-order valence-electron chi connectivity index (χ3n) is 3.88. The summed E-state index contributed by atoms with van der Waals surface area (Å²) >= 11 is 0. The van der Waals surface area contributed by atoms with Crippen LogP contribution in [-0.4, -0.2) is 12.1 Å². The topological polar surface area (TPSA) is 38.0 Å². The zero-order valence-electron chi connectivity index (χ0n) is 10.4. The molecular weight excluding hydrogens is 215 g/mol. The first-order chi connectivity index (χ1) is 8.13. The molecule has 2 rings (SSSR count). The van der Waals surface area contributed by atoms with Crippen LogP contribution in [0.4, 0.5) is 10.1 Å². The molecule has 0 spiro atoms. The van der Waals surface area contributed by atoms with Crippen LogP contribution < -0.4 is 11.1 Å². The molecule has 17 heavy (non-hydrogen) atoms. The summed E-state index contributed by atoms with van der Waals surface area (Å²) in [4.78, 5) is 0. The van der Waals surface area contributed by atoms with E-state index in [-0.39, 0.29) is 11.4 Å². The molecule has 1 aliphatic carbocycles. The number of halogens is 1. The largest absolute Gasteiger partial charge is 0.378 e. The molecule has 3 N–H and O–H groups in total. The van der Waals surface area contributed by atoms with Gasteiger partial charge in [-0.3, -0.25) is 0 Å². The molecule has 1 aliphatic rings. The van der Waals surface area contributed by atoms with Crippen molar-refractivity contribution in [2.45, 2.75) is 38.1 Å². The Bertz CT molecular complexity index is 353. The van der Waals surface area contributed by atoms with Crippen molar-refractivity contribution in [3.63, 3.8) is 0 Å². The van der Waals surface area contributed by atoms with Crippen LogP contribution in [0.15, 0.2) is 24.3 Å². The van der Waals surface area contributed by atoms with Crippen molar-refractivity contribution in [2.75, 3.05) is 11.9 Å². The molecule has 0 saturated heterocycles. The van der Waals surface area contributed by atoms with Gasteiger partial charge >= 0.3 is 0 Å². The van der Waals surface area contributed by atoms with E-state index in [0.717, 1.165) is 24.4 Å². The summed E-state index contributed by atoms with van der Waals surface area (Å²) in [6.07, 6.45) is 4.63. The Kier molecular flexibility index (Phi) is 3.67. The lowest BCUT2D eigenvalue weighted by Gasteiger charge is -2.40. The van der Waals surface area contributed by atoms with Crippen LogP contribution in [0.1, 0.15) is 32.6 Å². The van der Waals surface area contributed by atoms with E-state index in [2.05, 4.69) is 12.2 Å². The quantitative estimate of drug-likeness (QED) is 0.846. The van der Waals surface area contributed by atoms with E-state index in [4.69, 9.17) is 5.73 Å². The van der Waals surface area contributed by atoms with Gasteiger partial charge in [0.05, 0.1) is 0 Å². The van der Waals surface area contributed by atoms with Gasteiger partial charge in [-0.05, 0) is 55.9 Å². The van der Waals surface area contributed by atoms with Gasteiger partial charge in [0.15, 0.2) is 0 Å². The highest BCUT2D eigenvalue weighted by Crippen LogP contribution is 2.33. The molecule has 3 heteroatoms. The molecule has 0 atom stereocenters. The molecule has 0 radical (unpaired) electrons. The fraction of sp³-hybridized carbons (Fsp3) is 0.571. The van der Waals surface area contributed by atoms with Crippen molar-refractivity contribution >= 4 is 5.69 Å². The van der Waals surface area contributed by atoms with Gasteiger partial charge in [-0.25, -0.2) is 4.39 Å². The van der Waals surface area contributed by atoms with Crippen LogP contribution >= 0.6 is 0 Å². The highest BCUT2D eigenvalue weighted by atomic mass is 19.1. The van der Waals surface area contributed by atoms with Gasteiger partial charge in [0.2, 0.25) is 0 Å². The summed E-state index contributed by atoms with van der Waals surface area (Å²) in [7, 11) is 0. The van der Waals surface area contributed by atoms with Crippen molar-refractivity contribution in [1.29, 1.82) is 0 Å². The van der Waals surface area contributed by atoms with E-state index in [1.165, 1.54) is 25.0 Å². The van der Waals surface area contributed by atoms with Gasteiger partial charge in [-0.1, -0.05) is 6.92 Å². The summed E-state index contributed by atoms with van der Waals surface area (Å²) in [5, 5.41) is 3.50. The van der Waals surface area contributed by atoms with E-state index in [0.29, 0.717) is 6.54 Å². The summed E-state index contributed by atoms with van der Waals surface area (Å²) in [5.74, 6) is 0.597. The number of benzene rings is 1. The molecule has 2 nitrogen and oxygen atoms in total. The van der Waals surface area contributed by atoms with Gasteiger partial charge < -0.3 is 11.1 Å². The lowest BCUT2D eigenvalue weighted by Crippen LogP contribution is -2.48. The number of anilines is 1. The van der Waals surface area contributed by atoms with Crippen molar-refractivity contribution < 1.29 is 4.39 Å². The lowest BCUT2D eigenvalue weighted by atomic mass is 9.77. The summed E-state index contributed by atoms with van der Waals surface area (Å²) in [6.45, 7) is 2.93. The number of rotatable bonds is 3. The third kappa shape index (κ3) is 2.97. The first-order valence-electron chi connectivity index (χ1n) is 6.37. The van der Waals surface area contributed by atoms with E-state index in [9.17, 15) is 4.39 Å². The van der Waals surface area contributed by atoms with Crippen LogP contribution in [0.2, 0.25) is 0 Å². The second kappa shape index (κ2) is 5.05. The SMILES string of the molecule is CC1CCC(CN)(Nc2ccc(F)cc2)CC1. The molecule has 94 valence electrons. The molecule has 0 amide bonds. The first kappa shape index (κ1) is 12.4. The lowest BCUT2D eigenvalue weighted by molar-refractivity contribution is 0.272. The van der Waals surface area contributed by atoms with Crippen molar-refractivity contribution in [3.8, 4) is 0 Å². The van der Waals surface area contributed by atoms with Crippen LogP contribution in [0, 0.1) is 11.7 Å². The minimum atomic E-state index is -0.199. The Hall–Kier alpha value is -1.09. The Morgan fingerprint density at radius 1 is 1.29 bits per heavy atom. The Balaban J connectivity index is 2.06. The van der Waals surface area contributed by atoms with Crippen LogP contribution in [0.25, 0.3) is 0 Å². The standard InChI is InChI=1S/C14H21FN2/c1-11-6-8-14(10-16,9-7-11)17-13-4-2-12(15)3-5-13/h2-5,11,17H,6-10,16H2,1H3. The predicted octanol–water partition coefficient (Wildman–Crippen LogP) is 3.15.